The normalized spacial score (nSPS) is 10.6. The molecule has 1 N–H and O–H groups in total. The molecule has 0 aliphatic heterocycles. The lowest BCUT2D eigenvalue weighted by Crippen LogP contribution is -2.13. The van der Waals surface area contributed by atoms with Crippen LogP contribution in [0.1, 0.15) is 45.4 Å². The number of nitrogens with one attached hydrogen (secondary N) is 1. The summed E-state index contributed by atoms with van der Waals surface area (Å²) in [5, 5.41) is 7.30. The van der Waals surface area contributed by atoms with E-state index in [1.807, 2.05) is 13.8 Å². The van der Waals surface area contributed by atoms with Gasteiger partial charge < -0.3 is 0 Å². The Balaban J connectivity index is 2.19. The largest absolute Gasteiger partial charge is 0.296 e. The summed E-state index contributed by atoms with van der Waals surface area (Å²) in [5.41, 5.74) is 1.91. The van der Waals surface area contributed by atoms with Crippen molar-refractivity contribution in [1.29, 1.82) is 0 Å². The third kappa shape index (κ3) is 2.77. The van der Waals surface area contributed by atoms with Gasteiger partial charge in [0.05, 0.1) is 10.6 Å². The van der Waals surface area contributed by atoms with E-state index in [2.05, 4.69) is 15.4 Å². The van der Waals surface area contributed by atoms with Crippen molar-refractivity contribution < 1.29 is 9.59 Å². The van der Waals surface area contributed by atoms with Gasteiger partial charge in [0.25, 0.3) is 5.91 Å². The number of aromatic nitrogens is 3. The molecule has 0 bridgehead atoms. The molecular weight excluding hydrogens is 276 g/mol. The van der Waals surface area contributed by atoms with E-state index in [0.29, 0.717) is 27.9 Å². The van der Waals surface area contributed by atoms with Crippen molar-refractivity contribution in [3.05, 3.63) is 28.0 Å². The molecule has 0 atom stereocenters. The average molecular weight is 292 g/mol. The molecule has 2 aromatic heterocycles. The van der Waals surface area contributed by atoms with E-state index < -0.39 is 0 Å². The van der Waals surface area contributed by atoms with Gasteiger partial charge in [-0.3, -0.25) is 19.6 Å². The van der Waals surface area contributed by atoms with Gasteiger partial charge in [-0.2, -0.15) is 5.10 Å². The maximum Gasteiger partial charge on any atom is 0.277 e. The Morgan fingerprint density at radius 3 is 2.60 bits per heavy atom. The van der Waals surface area contributed by atoms with Crippen molar-refractivity contribution in [3.63, 3.8) is 0 Å². The first kappa shape index (κ1) is 14.4. The molecule has 2 rings (SSSR count). The van der Waals surface area contributed by atoms with E-state index in [0.717, 1.165) is 5.69 Å². The van der Waals surface area contributed by atoms with Crippen molar-refractivity contribution in [2.24, 2.45) is 0 Å². The highest BCUT2D eigenvalue weighted by molar-refractivity contribution is 7.17. The smallest absolute Gasteiger partial charge is 0.277 e. The monoisotopic (exact) mass is 292 g/mol. The molecule has 106 valence electrons. The van der Waals surface area contributed by atoms with Gasteiger partial charge in [0, 0.05) is 19.2 Å². The van der Waals surface area contributed by atoms with Gasteiger partial charge in [0.1, 0.15) is 0 Å². The number of thiazole rings is 1. The minimum Gasteiger partial charge on any atom is -0.296 e. The fraction of sp³-hybridized carbons (Fsp3) is 0.385. The van der Waals surface area contributed by atoms with E-state index in [1.165, 1.54) is 18.3 Å². The number of hydrogen-bond donors (Lipinski definition) is 1. The summed E-state index contributed by atoms with van der Waals surface area (Å²) in [4.78, 5) is 28.2. The van der Waals surface area contributed by atoms with E-state index in [9.17, 15) is 9.59 Å². The Morgan fingerprint density at radius 2 is 2.10 bits per heavy atom. The van der Waals surface area contributed by atoms with Crippen LogP contribution < -0.4 is 5.32 Å². The topological polar surface area (TPSA) is 76.9 Å². The first-order chi connectivity index (χ1) is 9.42. The van der Waals surface area contributed by atoms with Crippen LogP contribution in [0.5, 0.6) is 0 Å². The number of hydrogen-bond acceptors (Lipinski definition) is 5. The molecule has 0 saturated carbocycles. The Bertz CT molecular complexity index is 672. The Morgan fingerprint density at radius 1 is 1.40 bits per heavy atom. The molecule has 0 radical (unpaired) electrons. The highest BCUT2D eigenvalue weighted by Gasteiger charge is 2.16. The molecular formula is C13H16N4O2S. The minimum absolute atomic E-state index is 0.0494. The fourth-order valence-electron chi connectivity index (χ4n) is 1.88. The number of nitrogens with zero attached hydrogens (tertiary/aromatic N) is 3. The van der Waals surface area contributed by atoms with Crippen molar-refractivity contribution >= 4 is 28.2 Å². The number of rotatable bonds is 4. The summed E-state index contributed by atoms with van der Waals surface area (Å²) in [6.07, 6.45) is 0. The number of aryl methyl sites for hydroxylation is 3. The summed E-state index contributed by atoms with van der Waals surface area (Å²) >= 11 is 1.18. The molecule has 2 aromatic rings. The van der Waals surface area contributed by atoms with Crippen LogP contribution in [0, 0.1) is 13.8 Å². The average Bonchev–Trinajstić information content (AvgIpc) is 2.92. The molecule has 0 saturated heterocycles. The van der Waals surface area contributed by atoms with Crippen LogP contribution in [0.4, 0.5) is 5.13 Å². The SMILES string of the molecule is CCn1nc(C(=O)Nc2nc(C)c(C(C)=O)s2)cc1C. The van der Waals surface area contributed by atoms with E-state index in [4.69, 9.17) is 0 Å². The number of amides is 1. The molecule has 0 aliphatic carbocycles. The predicted octanol–water partition coefficient (Wildman–Crippen LogP) is 2.43. The summed E-state index contributed by atoms with van der Waals surface area (Å²) in [6.45, 7) is 7.81. The predicted molar refractivity (Wildman–Crippen MR) is 77.4 cm³/mol. The number of Topliss-reactive ketones (excluding diaryl/α,β-unsaturated/α-hetero) is 1. The second-order valence-corrected chi connectivity index (χ2v) is 5.43. The zero-order valence-electron chi connectivity index (χ0n) is 11.9. The lowest BCUT2D eigenvalue weighted by Gasteiger charge is -1.98. The van der Waals surface area contributed by atoms with Crippen LogP contribution in [0.15, 0.2) is 6.07 Å². The van der Waals surface area contributed by atoms with Crippen LogP contribution in [-0.2, 0) is 6.54 Å². The molecule has 0 aliphatic rings. The van der Waals surface area contributed by atoms with Gasteiger partial charge in [-0.05, 0) is 26.8 Å². The molecule has 7 heteroatoms. The van der Waals surface area contributed by atoms with Crippen LogP contribution in [0.2, 0.25) is 0 Å². The third-order valence-electron chi connectivity index (χ3n) is 2.85. The molecule has 1 amide bonds. The van der Waals surface area contributed by atoms with Gasteiger partial charge in [-0.1, -0.05) is 11.3 Å². The highest BCUT2D eigenvalue weighted by atomic mass is 32.1. The molecule has 20 heavy (non-hydrogen) atoms. The second-order valence-electron chi connectivity index (χ2n) is 4.43. The first-order valence-electron chi connectivity index (χ1n) is 6.26. The summed E-state index contributed by atoms with van der Waals surface area (Å²) < 4.78 is 1.75. The van der Waals surface area contributed by atoms with E-state index in [1.54, 1.807) is 17.7 Å². The van der Waals surface area contributed by atoms with Crippen molar-refractivity contribution in [2.45, 2.75) is 34.2 Å². The van der Waals surface area contributed by atoms with Gasteiger partial charge in [0.15, 0.2) is 16.6 Å². The van der Waals surface area contributed by atoms with Crippen LogP contribution >= 0.6 is 11.3 Å². The number of anilines is 1. The van der Waals surface area contributed by atoms with Gasteiger partial charge in [-0.25, -0.2) is 4.98 Å². The quantitative estimate of drug-likeness (QED) is 0.878. The maximum atomic E-state index is 12.1. The maximum absolute atomic E-state index is 12.1. The molecule has 0 spiro atoms. The molecule has 0 aromatic carbocycles. The molecule has 2 heterocycles. The zero-order chi connectivity index (χ0) is 14.9. The third-order valence-corrected chi connectivity index (χ3v) is 4.02. The van der Waals surface area contributed by atoms with E-state index in [-0.39, 0.29) is 11.7 Å². The highest BCUT2D eigenvalue weighted by Crippen LogP contribution is 2.23. The zero-order valence-corrected chi connectivity index (χ0v) is 12.7. The fourth-order valence-corrected chi connectivity index (χ4v) is 2.74. The summed E-state index contributed by atoms with van der Waals surface area (Å²) in [5.74, 6) is -0.365. The van der Waals surface area contributed by atoms with Crippen LogP contribution in [0.3, 0.4) is 0 Å². The number of ketones is 1. The summed E-state index contributed by atoms with van der Waals surface area (Å²) in [7, 11) is 0. The lowest BCUT2D eigenvalue weighted by molar-refractivity contribution is 0.101. The Hall–Kier alpha value is -2.02. The first-order valence-corrected chi connectivity index (χ1v) is 7.08. The van der Waals surface area contributed by atoms with Gasteiger partial charge in [0.2, 0.25) is 0 Å². The van der Waals surface area contributed by atoms with E-state index >= 15 is 0 Å². The van der Waals surface area contributed by atoms with Crippen LogP contribution in [0.25, 0.3) is 0 Å². The standard InChI is InChI=1S/C13H16N4O2S/c1-5-17-7(2)6-10(16-17)12(19)15-13-14-8(3)11(20-13)9(4)18/h6H,5H2,1-4H3,(H,14,15,19). The van der Waals surface area contributed by atoms with Gasteiger partial charge in [-0.15, -0.1) is 0 Å². The Kier molecular flexibility index (Phi) is 3.99. The Labute approximate surface area is 120 Å². The second kappa shape index (κ2) is 5.54. The number of carbonyl (C=O) groups is 2. The van der Waals surface area contributed by atoms with Crippen LogP contribution in [-0.4, -0.2) is 26.5 Å². The molecule has 0 unspecified atom stereocenters. The summed E-state index contributed by atoms with van der Waals surface area (Å²) in [6, 6.07) is 1.73. The molecule has 0 fully saturated rings. The minimum atomic E-state index is -0.316. The van der Waals surface area contributed by atoms with Crippen molar-refractivity contribution in [3.8, 4) is 0 Å². The molecule has 6 nitrogen and oxygen atoms in total. The van der Waals surface area contributed by atoms with Crippen molar-refractivity contribution in [1.82, 2.24) is 14.8 Å². The lowest BCUT2D eigenvalue weighted by atomic mass is 10.3. The number of carbonyl (C=O) groups excluding carboxylic acids is 2. The van der Waals surface area contributed by atoms with Gasteiger partial charge >= 0.3 is 0 Å². The van der Waals surface area contributed by atoms with Crippen molar-refractivity contribution in [2.75, 3.05) is 5.32 Å².